The molecule has 0 radical (unpaired) electrons. The van der Waals surface area contributed by atoms with Gasteiger partial charge in [0.25, 0.3) is 0 Å². The van der Waals surface area contributed by atoms with Gasteiger partial charge in [0.05, 0.1) is 22.1 Å². The van der Waals surface area contributed by atoms with E-state index in [4.69, 9.17) is 4.42 Å². The second kappa shape index (κ2) is 22.0. The first-order valence-electron chi connectivity index (χ1n) is 31.0. The van der Waals surface area contributed by atoms with Gasteiger partial charge >= 0.3 is 0 Å². The third kappa shape index (κ3) is 8.64. The molecule has 15 aromatic carbocycles. The van der Waals surface area contributed by atoms with Gasteiger partial charge in [0.2, 0.25) is 0 Å². The molecule has 0 aliphatic carbocycles. The van der Waals surface area contributed by atoms with E-state index in [9.17, 15) is 0 Å². The zero-order chi connectivity index (χ0) is 59.5. The second-order valence-electron chi connectivity index (χ2n) is 23.4. The van der Waals surface area contributed by atoms with E-state index in [1.807, 2.05) is 12.1 Å². The molecule has 0 atom stereocenters. The van der Waals surface area contributed by atoms with Crippen LogP contribution in [0.3, 0.4) is 0 Å². The number of rotatable bonds is 9. The summed E-state index contributed by atoms with van der Waals surface area (Å²) in [4.78, 5) is 0. The molecule has 0 spiro atoms. The molecule has 0 fully saturated rings. The van der Waals surface area contributed by atoms with E-state index in [1.54, 1.807) is 0 Å². The minimum Gasteiger partial charge on any atom is -0.456 e. The summed E-state index contributed by atoms with van der Waals surface area (Å²) in [6, 6.07) is 128. The highest BCUT2D eigenvalue weighted by atomic mass is 28.3. The van der Waals surface area contributed by atoms with Crippen LogP contribution in [0.2, 0.25) is 0 Å². The molecule has 0 aliphatic heterocycles. The van der Waals surface area contributed by atoms with Gasteiger partial charge in [-0.3, -0.25) is 0 Å². The molecule has 18 aromatic rings. The highest BCUT2D eigenvalue weighted by molar-refractivity contribution is 7.19. The molecule has 0 aliphatic rings. The highest BCUT2D eigenvalue weighted by Crippen LogP contribution is 2.45. The SMILES string of the molecule is c1ccc(-c2c3ccccc3c(-c3ccc4oc5ccccc5c4c3)c3ccccc23)cc1.c1ccc(-n2c3ccccc3c3cc(-c4ccc5c(c4)c4ccccc4n5-c4cccc([Si](c5ccccc5)(c5ccccc5)c5ccccc5)c4)ccc32)cc1. The van der Waals surface area contributed by atoms with Crippen molar-refractivity contribution in [3.8, 4) is 44.8 Å². The third-order valence-electron chi connectivity index (χ3n) is 18.5. The van der Waals surface area contributed by atoms with Gasteiger partial charge in [-0.25, -0.2) is 0 Å². The fourth-order valence-corrected chi connectivity index (χ4v) is 19.4. The zero-order valence-corrected chi connectivity index (χ0v) is 50.3. The van der Waals surface area contributed by atoms with E-state index < -0.39 is 8.07 Å². The molecule has 3 aromatic heterocycles. The average Bonchev–Trinajstić information content (AvgIpc) is 0.966. The first-order valence-corrected chi connectivity index (χ1v) is 33.0. The normalized spacial score (nSPS) is 11.8. The Hall–Kier alpha value is -11.6. The Balaban J connectivity index is 0.000000160. The first-order chi connectivity index (χ1) is 44.7. The number of nitrogens with zero attached hydrogens (tertiary/aromatic N) is 2. The van der Waals surface area contributed by atoms with Gasteiger partial charge in [-0.05, 0) is 155 Å². The summed E-state index contributed by atoms with van der Waals surface area (Å²) in [6.45, 7) is 0. The van der Waals surface area contributed by atoms with E-state index in [2.05, 4.69) is 349 Å². The van der Waals surface area contributed by atoms with Gasteiger partial charge < -0.3 is 13.6 Å². The van der Waals surface area contributed by atoms with Crippen LogP contribution in [0.25, 0.3) is 132 Å². The number of aromatic nitrogens is 2. The smallest absolute Gasteiger partial charge is 0.179 e. The van der Waals surface area contributed by atoms with Crippen LogP contribution >= 0.6 is 0 Å². The van der Waals surface area contributed by atoms with Crippen LogP contribution in [0, 0.1) is 0 Å². The standard InChI is InChI=1S/C54H38N2Si.C32H20O/c1-5-18-41(19-6-1)55-51-30-15-13-28-47(51)49-36-39(32-34-53(49)55)40-33-35-54-50(37-40)48-29-14-16-31-52(48)56(54)42-20-17-27-46(38-42)57(43-21-7-2-8-22-43,44-23-9-3-10-24-44)45-25-11-4-12-26-45;1-2-10-21(11-3-1)31-24-13-4-6-15-26(24)32(27-16-7-5-14-25(27)31)22-18-19-30-28(20-22)23-12-8-9-17-29(23)33-30/h1-38H;1-20H. The summed E-state index contributed by atoms with van der Waals surface area (Å²) in [5.74, 6) is 0. The van der Waals surface area contributed by atoms with E-state index in [-0.39, 0.29) is 0 Å². The van der Waals surface area contributed by atoms with Gasteiger partial charge in [-0.2, -0.15) is 0 Å². The van der Waals surface area contributed by atoms with Crippen molar-refractivity contribution in [1.29, 1.82) is 0 Å². The van der Waals surface area contributed by atoms with Crippen molar-refractivity contribution in [3.63, 3.8) is 0 Å². The lowest BCUT2D eigenvalue weighted by atomic mass is 9.86. The summed E-state index contributed by atoms with van der Waals surface area (Å²) < 4.78 is 10.9. The number of fused-ring (bicyclic) bond motifs is 11. The van der Waals surface area contributed by atoms with Crippen molar-refractivity contribution in [2.45, 2.75) is 0 Å². The Labute approximate surface area is 522 Å². The monoisotopic (exact) mass is 1160 g/mol. The van der Waals surface area contributed by atoms with E-state index >= 15 is 0 Å². The van der Waals surface area contributed by atoms with E-state index in [1.165, 1.54) is 131 Å². The van der Waals surface area contributed by atoms with Crippen LogP contribution < -0.4 is 20.7 Å². The Morgan fingerprint density at radius 1 is 0.200 bits per heavy atom. The molecule has 18 rings (SSSR count). The fraction of sp³-hybridized carbons (Fsp3) is 0. The summed E-state index contributed by atoms with van der Waals surface area (Å²) >= 11 is 0. The van der Waals surface area contributed by atoms with Crippen LogP contribution in [0.1, 0.15) is 0 Å². The maximum Gasteiger partial charge on any atom is 0.179 e. The van der Waals surface area contributed by atoms with Crippen molar-refractivity contribution in [1.82, 2.24) is 9.13 Å². The Morgan fingerprint density at radius 2 is 0.556 bits per heavy atom. The maximum atomic E-state index is 6.10. The molecule has 0 N–H and O–H groups in total. The molecule has 3 heterocycles. The number of furan rings is 1. The Morgan fingerprint density at radius 3 is 1.08 bits per heavy atom. The Bertz CT molecular complexity index is 5560. The number of hydrogen-bond donors (Lipinski definition) is 0. The summed E-state index contributed by atoms with van der Waals surface area (Å²) in [6.07, 6.45) is 0. The van der Waals surface area contributed by atoms with Crippen molar-refractivity contribution in [2.24, 2.45) is 0 Å². The van der Waals surface area contributed by atoms with Gasteiger partial charge in [0.1, 0.15) is 11.2 Å². The van der Waals surface area contributed by atoms with E-state index in [0.717, 1.165) is 21.9 Å². The first kappa shape index (κ1) is 52.7. The molecule has 0 saturated carbocycles. The molecule has 422 valence electrons. The predicted octanol–water partition coefficient (Wildman–Crippen LogP) is 20.2. The summed E-state index contributed by atoms with van der Waals surface area (Å²) in [5, 5.41) is 17.9. The zero-order valence-electron chi connectivity index (χ0n) is 49.3. The lowest BCUT2D eigenvalue weighted by Gasteiger charge is -2.34. The molecule has 3 nitrogen and oxygen atoms in total. The van der Waals surface area contributed by atoms with Crippen LogP contribution in [0.4, 0.5) is 0 Å². The second-order valence-corrected chi connectivity index (χ2v) is 27.2. The molecular formula is C86H58N2OSi. The van der Waals surface area contributed by atoms with Gasteiger partial charge in [0, 0.05) is 43.7 Å². The van der Waals surface area contributed by atoms with Crippen molar-refractivity contribution < 1.29 is 4.42 Å². The largest absolute Gasteiger partial charge is 0.456 e. The van der Waals surface area contributed by atoms with Crippen LogP contribution in [-0.2, 0) is 0 Å². The van der Waals surface area contributed by atoms with Gasteiger partial charge in [0.15, 0.2) is 8.07 Å². The molecule has 90 heavy (non-hydrogen) atoms. The van der Waals surface area contributed by atoms with Gasteiger partial charge in [-0.1, -0.05) is 273 Å². The number of hydrogen-bond acceptors (Lipinski definition) is 1. The van der Waals surface area contributed by atoms with Crippen LogP contribution in [0.5, 0.6) is 0 Å². The minimum absolute atomic E-state index is 0.925. The third-order valence-corrected chi connectivity index (χ3v) is 23.3. The predicted molar refractivity (Wildman–Crippen MR) is 384 cm³/mol. The highest BCUT2D eigenvalue weighted by Gasteiger charge is 2.41. The maximum absolute atomic E-state index is 6.10. The fourth-order valence-electron chi connectivity index (χ4n) is 14.6. The molecule has 0 amide bonds. The molecule has 0 saturated heterocycles. The molecule has 4 heteroatoms. The quantitative estimate of drug-likeness (QED) is 0.0802. The minimum atomic E-state index is -2.71. The van der Waals surface area contributed by atoms with Crippen molar-refractivity contribution in [2.75, 3.05) is 0 Å². The Kier molecular flexibility index (Phi) is 12.9. The lowest BCUT2D eigenvalue weighted by molar-refractivity contribution is 0.669. The summed E-state index contributed by atoms with van der Waals surface area (Å²) in [5.41, 5.74) is 16.5. The molecule has 0 unspecified atom stereocenters. The lowest BCUT2D eigenvalue weighted by Crippen LogP contribution is -2.74. The number of benzene rings is 15. The van der Waals surface area contributed by atoms with Crippen molar-refractivity contribution >= 4 is 116 Å². The molecular weight excluding hydrogens is 1110 g/mol. The van der Waals surface area contributed by atoms with Crippen molar-refractivity contribution in [3.05, 3.63) is 352 Å². The topological polar surface area (TPSA) is 23.0 Å². The van der Waals surface area contributed by atoms with E-state index in [0.29, 0.717) is 0 Å². The molecule has 0 bridgehead atoms. The average molecular weight is 1160 g/mol. The van der Waals surface area contributed by atoms with Crippen LogP contribution in [-0.4, -0.2) is 17.2 Å². The summed E-state index contributed by atoms with van der Waals surface area (Å²) in [7, 11) is -2.71. The van der Waals surface area contributed by atoms with Gasteiger partial charge in [-0.15, -0.1) is 0 Å². The van der Waals surface area contributed by atoms with Crippen LogP contribution in [0.15, 0.2) is 356 Å². The number of para-hydroxylation sites is 4.